The maximum absolute atomic E-state index is 6.00. The van der Waals surface area contributed by atoms with Crippen molar-refractivity contribution in [3.8, 4) is 23.3 Å². The standard InChI is InChI=1S/C18H18ClN3O3.C9H6Cl2N2O/c1-23-13-6-4-11(16(9-13)24-2)10-20-17-18(25-3)22-15-8-12(19)5-7-14(15)21-17;1-14-9-8(11)12-6-3-2-5(10)4-7(6)13-9/h4-9H,10H2,1-3H3,(H,20,21);2-4H,1H3. The molecule has 0 saturated heterocycles. The number of hydrogen-bond donors (Lipinski definition) is 1. The van der Waals surface area contributed by atoms with Crippen molar-refractivity contribution in [2.75, 3.05) is 33.8 Å². The Morgan fingerprint density at radius 1 is 0.615 bits per heavy atom. The van der Waals surface area contributed by atoms with Gasteiger partial charge in [-0.1, -0.05) is 34.8 Å². The third-order valence-corrected chi connectivity index (χ3v) is 6.19. The molecule has 0 aliphatic heterocycles. The average molecular weight is 589 g/mol. The molecule has 9 nitrogen and oxygen atoms in total. The van der Waals surface area contributed by atoms with E-state index in [1.807, 2.05) is 24.3 Å². The lowest BCUT2D eigenvalue weighted by Crippen LogP contribution is -2.06. The molecule has 1 N–H and O–H groups in total. The van der Waals surface area contributed by atoms with E-state index in [0.29, 0.717) is 50.7 Å². The molecule has 2 aromatic heterocycles. The Hall–Kier alpha value is -3.79. The first-order valence-electron chi connectivity index (χ1n) is 11.5. The molecule has 2 heterocycles. The van der Waals surface area contributed by atoms with Gasteiger partial charge in [-0.15, -0.1) is 0 Å². The molecule has 0 amide bonds. The Bertz CT molecular complexity index is 1620. The van der Waals surface area contributed by atoms with Crippen LogP contribution in [-0.4, -0.2) is 48.4 Å². The highest BCUT2D eigenvalue weighted by atomic mass is 35.5. The molecule has 0 unspecified atom stereocenters. The number of aromatic nitrogens is 4. The largest absolute Gasteiger partial charge is 0.497 e. The van der Waals surface area contributed by atoms with Crippen LogP contribution < -0.4 is 24.3 Å². The number of benzene rings is 3. The van der Waals surface area contributed by atoms with Gasteiger partial charge < -0.3 is 24.3 Å². The molecule has 0 radical (unpaired) electrons. The number of hydrogen-bond acceptors (Lipinski definition) is 9. The topological polar surface area (TPSA) is 101 Å². The molecule has 12 heteroatoms. The first-order valence-corrected chi connectivity index (χ1v) is 12.6. The van der Waals surface area contributed by atoms with Crippen molar-refractivity contribution >= 4 is 62.7 Å². The van der Waals surface area contributed by atoms with Crippen LogP contribution in [0.5, 0.6) is 23.3 Å². The van der Waals surface area contributed by atoms with Gasteiger partial charge in [-0.3, -0.25) is 0 Å². The summed E-state index contributed by atoms with van der Waals surface area (Å²) in [5, 5.41) is 4.71. The van der Waals surface area contributed by atoms with Crippen LogP contribution in [0.4, 0.5) is 5.82 Å². The van der Waals surface area contributed by atoms with Gasteiger partial charge in [0, 0.05) is 28.2 Å². The van der Waals surface area contributed by atoms with Crippen LogP contribution in [0.25, 0.3) is 22.1 Å². The van der Waals surface area contributed by atoms with Crippen molar-refractivity contribution in [3.63, 3.8) is 0 Å². The van der Waals surface area contributed by atoms with E-state index >= 15 is 0 Å². The summed E-state index contributed by atoms with van der Waals surface area (Å²) < 4.78 is 20.9. The van der Waals surface area contributed by atoms with E-state index in [2.05, 4.69) is 25.3 Å². The molecule has 39 heavy (non-hydrogen) atoms. The molecule has 5 aromatic rings. The normalized spacial score (nSPS) is 10.5. The number of nitrogens with one attached hydrogen (secondary N) is 1. The fourth-order valence-corrected chi connectivity index (χ4v) is 4.11. The minimum atomic E-state index is 0.252. The van der Waals surface area contributed by atoms with E-state index in [4.69, 9.17) is 53.8 Å². The molecule has 0 saturated carbocycles. The van der Waals surface area contributed by atoms with E-state index in [9.17, 15) is 0 Å². The van der Waals surface area contributed by atoms with E-state index in [1.54, 1.807) is 51.7 Å². The van der Waals surface area contributed by atoms with Gasteiger partial charge in [0.25, 0.3) is 11.8 Å². The van der Waals surface area contributed by atoms with Crippen molar-refractivity contribution in [1.29, 1.82) is 0 Å². The van der Waals surface area contributed by atoms with Crippen LogP contribution in [-0.2, 0) is 6.54 Å². The lowest BCUT2D eigenvalue weighted by Gasteiger charge is -2.13. The predicted octanol–water partition coefficient (Wildman–Crippen LogP) is 6.87. The molecule has 0 aliphatic rings. The molecule has 3 aromatic carbocycles. The lowest BCUT2D eigenvalue weighted by molar-refractivity contribution is 0.391. The quantitative estimate of drug-likeness (QED) is 0.218. The van der Waals surface area contributed by atoms with Gasteiger partial charge in [0.1, 0.15) is 11.5 Å². The first-order chi connectivity index (χ1) is 18.8. The van der Waals surface area contributed by atoms with Crippen LogP contribution in [0.1, 0.15) is 5.56 Å². The van der Waals surface area contributed by atoms with Crippen LogP contribution in [0, 0.1) is 0 Å². The summed E-state index contributed by atoms with van der Waals surface area (Å²) in [7, 11) is 6.29. The monoisotopic (exact) mass is 587 g/mol. The number of rotatable bonds is 7. The molecule has 0 bridgehead atoms. The summed E-state index contributed by atoms with van der Waals surface area (Å²) in [6.07, 6.45) is 0. The highest BCUT2D eigenvalue weighted by molar-refractivity contribution is 6.32. The molecule has 0 atom stereocenters. The minimum absolute atomic E-state index is 0.252. The molecular weight excluding hydrogens is 565 g/mol. The van der Waals surface area contributed by atoms with Crippen LogP contribution in [0.2, 0.25) is 15.2 Å². The van der Waals surface area contributed by atoms with Crippen molar-refractivity contribution in [2.24, 2.45) is 0 Å². The zero-order valence-electron chi connectivity index (χ0n) is 21.5. The Morgan fingerprint density at radius 3 is 1.82 bits per heavy atom. The Balaban J connectivity index is 0.000000212. The summed E-state index contributed by atoms with van der Waals surface area (Å²) in [5.41, 5.74) is 3.73. The fourth-order valence-electron chi connectivity index (χ4n) is 3.57. The van der Waals surface area contributed by atoms with E-state index in [0.717, 1.165) is 22.6 Å². The van der Waals surface area contributed by atoms with Crippen LogP contribution in [0.15, 0.2) is 54.6 Å². The predicted molar refractivity (Wildman–Crippen MR) is 154 cm³/mol. The van der Waals surface area contributed by atoms with Crippen molar-refractivity contribution < 1.29 is 18.9 Å². The smallest absolute Gasteiger partial charge is 0.257 e. The second-order valence-electron chi connectivity index (χ2n) is 7.90. The lowest BCUT2D eigenvalue weighted by atomic mass is 10.2. The van der Waals surface area contributed by atoms with Gasteiger partial charge in [-0.25, -0.2) is 19.9 Å². The average Bonchev–Trinajstić information content (AvgIpc) is 2.95. The summed E-state index contributed by atoms with van der Waals surface area (Å²) in [5.74, 6) is 2.73. The zero-order chi connectivity index (χ0) is 27.9. The number of nitrogens with zero attached hydrogens (tertiary/aromatic N) is 4. The number of fused-ring (bicyclic) bond motifs is 2. The maximum Gasteiger partial charge on any atom is 0.257 e. The molecule has 5 rings (SSSR count). The zero-order valence-corrected chi connectivity index (χ0v) is 23.7. The number of anilines is 1. The molecule has 0 fully saturated rings. The van der Waals surface area contributed by atoms with Gasteiger partial charge in [-0.05, 0) is 48.5 Å². The summed E-state index contributed by atoms with van der Waals surface area (Å²) in [4.78, 5) is 17.3. The second-order valence-corrected chi connectivity index (χ2v) is 9.13. The maximum atomic E-state index is 6.00. The van der Waals surface area contributed by atoms with Crippen molar-refractivity contribution in [2.45, 2.75) is 6.54 Å². The first kappa shape index (κ1) is 28.2. The van der Waals surface area contributed by atoms with Gasteiger partial charge in [0.2, 0.25) is 0 Å². The second kappa shape index (κ2) is 12.8. The summed E-state index contributed by atoms with van der Waals surface area (Å²) in [6, 6.07) is 16.2. The van der Waals surface area contributed by atoms with Gasteiger partial charge in [-0.2, -0.15) is 0 Å². The Labute approximate surface area is 240 Å². The third-order valence-electron chi connectivity index (χ3n) is 5.48. The number of ether oxygens (including phenoxy) is 4. The highest BCUT2D eigenvalue weighted by Gasteiger charge is 2.12. The van der Waals surface area contributed by atoms with Crippen molar-refractivity contribution in [3.05, 3.63) is 75.4 Å². The van der Waals surface area contributed by atoms with Crippen LogP contribution >= 0.6 is 34.8 Å². The molecule has 0 aliphatic carbocycles. The van der Waals surface area contributed by atoms with Crippen molar-refractivity contribution in [1.82, 2.24) is 19.9 Å². The summed E-state index contributed by atoms with van der Waals surface area (Å²) in [6.45, 7) is 0.497. The van der Waals surface area contributed by atoms with Crippen LogP contribution in [0.3, 0.4) is 0 Å². The summed E-state index contributed by atoms with van der Waals surface area (Å²) >= 11 is 17.6. The van der Waals surface area contributed by atoms with Gasteiger partial charge >= 0.3 is 0 Å². The molecule has 0 spiro atoms. The fraction of sp³-hybridized carbons (Fsp3) is 0.185. The van der Waals surface area contributed by atoms with E-state index < -0.39 is 0 Å². The number of methoxy groups -OCH3 is 4. The highest BCUT2D eigenvalue weighted by Crippen LogP contribution is 2.29. The Morgan fingerprint density at radius 2 is 1.23 bits per heavy atom. The number of halogens is 3. The Kier molecular flexibility index (Phi) is 9.29. The molecule has 202 valence electrons. The van der Waals surface area contributed by atoms with E-state index in [-0.39, 0.29) is 5.15 Å². The van der Waals surface area contributed by atoms with Gasteiger partial charge in [0.15, 0.2) is 11.0 Å². The van der Waals surface area contributed by atoms with E-state index in [1.165, 1.54) is 7.11 Å². The molecular formula is C27H24Cl3N5O4. The van der Waals surface area contributed by atoms with Gasteiger partial charge in [0.05, 0.1) is 50.5 Å². The third kappa shape index (κ3) is 6.81. The SMILES string of the molecule is COc1ccc(CNc2nc3ccc(Cl)cc3nc2OC)c(OC)c1.COc1nc2cc(Cl)ccc2nc1Cl. The minimum Gasteiger partial charge on any atom is -0.497 e.